The van der Waals surface area contributed by atoms with Gasteiger partial charge in [-0.2, -0.15) is 0 Å². The van der Waals surface area contributed by atoms with Crippen molar-refractivity contribution in [2.45, 2.75) is 105 Å². The fourth-order valence-electron chi connectivity index (χ4n) is 4.23. The first-order valence-corrected chi connectivity index (χ1v) is 17.5. The van der Waals surface area contributed by atoms with Gasteiger partial charge >= 0.3 is 223 Å². The van der Waals surface area contributed by atoms with Crippen LogP contribution in [0.15, 0.2) is 26.9 Å². The Kier molecular flexibility index (Phi) is 10.4. The molecule has 0 bridgehead atoms. The normalized spacial score (nSPS) is 13.9. The average molecular weight is 639 g/mol. The van der Waals surface area contributed by atoms with Gasteiger partial charge in [0.1, 0.15) is 0 Å². The standard InChI is InChI=1S/C28H40F3NO2STe/c1-10-20-13-21(11-2)26(22(12-3)14-20)36(32-35(33,34)28(29,30)31)27-24(18(6)7)15-23(17(4)5)16-25(27)19(8)9/h13-19H,10-12H2,1-9H3. The van der Waals surface area contributed by atoms with Gasteiger partial charge in [0.25, 0.3) is 0 Å². The van der Waals surface area contributed by atoms with Gasteiger partial charge < -0.3 is 0 Å². The Hall–Kier alpha value is -1.23. The van der Waals surface area contributed by atoms with Crippen molar-refractivity contribution in [3.63, 3.8) is 0 Å². The number of hydrogen-bond donors (Lipinski definition) is 0. The maximum absolute atomic E-state index is 13.7. The van der Waals surface area contributed by atoms with Crippen LogP contribution < -0.4 is 7.22 Å². The molecule has 0 fully saturated rings. The van der Waals surface area contributed by atoms with E-state index >= 15 is 0 Å². The SMILES string of the molecule is CCc1cc(CC)c(/[Te](=N\S(=O)(=O)C(F)(F)F)c2c(C(C)C)cc(C(C)C)cc2C(C)C)c(CC)c1. The van der Waals surface area contributed by atoms with E-state index in [-0.39, 0.29) is 17.8 Å². The van der Waals surface area contributed by atoms with E-state index in [1.165, 1.54) is 0 Å². The Balaban J connectivity index is 3.24. The van der Waals surface area contributed by atoms with Gasteiger partial charge in [0, 0.05) is 0 Å². The zero-order chi connectivity index (χ0) is 27.6. The molecule has 0 saturated heterocycles. The van der Waals surface area contributed by atoms with Gasteiger partial charge in [0.15, 0.2) is 0 Å². The van der Waals surface area contributed by atoms with Gasteiger partial charge in [-0.3, -0.25) is 0 Å². The molecule has 0 radical (unpaired) electrons. The summed E-state index contributed by atoms with van der Waals surface area (Å²) in [4.78, 5) is 0. The van der Waals surface area contributed by atoms with E-state index in [4.69, 9.17) is 0 Å². The molecule has 8 heteroatoms. The summed E-state index contributed by atoms with van der Waals surface area (Å²) in [6.07, 6.45) is 2.01. The van der Waals surface area contributed by atoms with Crippen molar-refractivity contribution >= 4 is 36.6 Å². The molecule has 2 rings (SSSR count). The molecule has 0 aliphatic carbocycles. The van der Waals surface area contributed by atoms with Crippen LogP contribution >= 0.6 is 0 Å². The van der Waals surface area contributed by atoms with E-state index in [1.54, 1.807) is 0 Å². The Morgan fingerprint density at radius 2 is 1.19 bits per heavy atom. The number of rotatable bonds is 9. The molecule has 0 aliphatic heterocycles. The van der Waals surface area contributed by atoms with Gasteiger partial charge in [-0.15, -0.1) is 0 Å². The third kappa shape index (κ3) is 6.60. The fraction of sp³-hybridized carbons (Fsp3) is 0.571. The van der Waals surface area contributed by atoms with Crippen molar-refractivity contribution in [1.82, 2.24) is 0 Å². The Bertz CT molecular complexity index is 1180. The predicted molar refractivity (Wildman–Crippen MR) is 146 cm³/mol. The molecule has 0 aliphatic rings. The number of alkyl halides is 3. The van der Waals surface area contributed by atoms with Crippen LogP contribution in [0.25, 0.3) is 0 Å². The van der Waals surface area contributed by atoms with Crippen molar-refractivity contribution in [2.24, 2.45) is 2.59 Å². The molecule has 0 aromatic heterocycles. The quantitative estimate of drug-likeness (QED) is 0.279. The number of hydrogen-bond acceptors (Lipinski definition) is 2. The molecule has 3 nitrogen and oxygen atoms in total. The first kappa shape index (κ1) is 31.0. The molecule has 0 amide bonds. The third-order valence-corrected chi connectivity index (χ3v) is 15.3. The molecule has 0 saturated carbocycles. The zero-order valence-electron chi connectivity index (χ0n) is 22.9. The van der Waals surface area contributed by atoms with Crippen LogP contribution in [0.3, 0.4) is 0 Å². The fourth-order valence-corrected chi connectivity index (χ4v) is 14.5. The van der Waals surface area contributed by atoms with Gasteiger partial charge in [-0.05, 0) is 0 Å². The minimum absolute atomic E-state index is 0.00783. The molecular formula is C28H40F3NO2STe. The summed E-state index contributed by atoms with van der Waals surface area (Å²) in [5.41, 5.74) is 0.464. The summed E-state index contributed by atoms with van der Waals surface area (Å²) >= 11 is -3.69. The van der Waals surface area contributed by atoms with Crippen molar-refractivity contribution in [2.75, 3.05) is 0 Å². The Labute approximate surface area is 222 Å². The van der Waals surface area contributed by atoms with Gasteiger partial charge in [0.05, 0.1) is 0 Å². The minimum atomic E-state index is -5.67. The van der Waals surface area contributed by atoms with E-state index in [1.807, 2.05) is 60.6 Å². The number of nitrogens with zero attached hydrogens (tertiary/aromatic N) is 1. The van der Waals surface area contributed by atoms with Crippen LogP contribution in [0.1, 0.15) is 113 Å². The summed E-state index contributed by atoms with van der Waals surface area (Å²) in [7, 11) is -5.67. The van der Waals surface area contributed by atoms with Crippen LogP contribution in [0, 0.1) is 0 Å². The monoisotopic (exact) mass is 641 g/mol. The molecule has 2 aromatic rings. The number of halogens is 3. The van der Waals surface area contributed by atoms with Crippen LogP contribution in [-0.2, 0) is 29.3 Å². The maximum atomic E-state index is 13.7. The third-order valence-electron chi connectivity index (χ3n) is 6.40. The molecule has 202 valence electrons. The van der Waals surface area contributed by atoms with E-state index in [0.29, 0.717) is 12.8 Å². The number of benzene rings is 2. The summed E-state index contributed by atoms with van der Waals surface area (Å²) in [5.74, 6) is 0.247. The summed E-state index contributed by atoms with van der Waals surface area (Å²) in [6.45, 7) is 18.2. The van der Waals surface area contributed by atoms with Gasteiger partial charge in [-0.25, -0.2) is 0 Å². The zero-order valence-corrected chi connectivity index (χ0v) is 26.0. The molecule has 0 unspecified atom stereocenters. The molecule has 0 heterocycles. The second-order valence-corrected chi connectivity index (χ2v) is 16.9. The van der Waals surface area contributed by atoms with Gasteiger partial charge in [-0.1, -0.05) is 0 Å². The van der Waals surface area contributed by atoms with E-state index in [9.17, 15) is 21.6 Å². The summed E-state index contributed by atoms with van der Waals surface area (Å²) in [6, 6.07) is 8.20. The van der Waals surface area contributed by atoms with E-state index in [0.717, 1.165) is 47.0 Å². The first-order chi connectivity index (χ1) is 16.6. The van der Waals surface area contributed by atoms with Crippen LogP contribution in [0.2, 0.25) is 0 Å². The van der Waals surface area contributed by atoms with E-state index in [2.05, 4.69) is 28.6 Å². The van der Waals surface area contributed by atoms with Gasteiger partial charge in [0.2, 0.25) is 0 Å². The van der Waals surface area contributed by atoms with Crippen molar-refractivity contribution in [1.29, 1.82) is 0 Å². The molecular weight excluding hydrogens is 599 g/mol. The molecule has 0 atom stereocenters. The Morgan fingerprint density at radius 3 is 1.50 bits per heavy atom. The number of sulfonamides is 1. The van der Waals surface area contributed by atoms with Crippen LogP contribution in [0.5, 0.6) is 0 Å². The van der Waals surface area contributed by atoms with Crippen molar-refractivity contribution < 1.29 is 21.6 Å². The second-order valence-electron chi connectivity index (χ2n) is 10.1. The van der Waals surface area contributed by atoms with Crippen molar-refractivity contribution in [3.05, 3.63) is 57.6 Å². The molecule has 0 spiro atoms. The number of aryl methyl sites for hydroxylation is 3. The first-order valence-electron chi connectivity index (χ1n) is 12.7. The Morgan fingerprint density at radius 1 is 0.750 bits per heavy atom. The van der Waals surface area contributed by atoms with E-state index < -0.39 is 34.9 Å². The summed E-state index contributed by atoms with van der Waals surface area (Å²) < 4.78 is 71.9. The van der Waals surface area contributed by atoms with Crippen molar-refractivity contribution in [3.8, 4) is 0 Å². The predicted octanol–water partition coefficient (Wildman–Crippen LogP) is 6.97. The van der Waals surface area contributed by atoms with Crippen LogP contribution in [-0.4, -0.2) is 33.3 Å². The van der Waals surface area contributed by atoms with Crippen LogP contribution in [0.4, 0.5) is 13.2 Å². The topological polar surface area (TPSA) is 46.5 Å². The second kappa shape index (κ2) is 12.1. The molecule has 36 heavy (non-hydrogen) atoms. The summed E-state index contributed by atoms with van der Waals surface area (Å²) in [5, 5.41) is 0. The molecule has 2 aromatic carbocycles. The average Bonchev–Trinajstić information content (AvgIpc) is 2.79. The molecule has 0 N–H and O–H groups in total.